The van der Waals surface area contributed by atoms with Crippen LogP contribution in [-0.2, 0) is 9.16 Å². The molecule has 9 heteroatoms. The first kappa shape index (κ1) is 26.9. The Kier molecular flexibility index (Phi) is 7.52. The lowest BCUT2D eigenvalue weighted by molar-refractivity contribution is 0.0203. The van der Waals surface area contributed by atoms with Gasteiger partial charge in [-0.2, -0.15) is 0 Å². The first-order valence-electron chi connectivity index (χ1n) is 12.2. The van der Waals surface area contributed by atoms with Crippen LogP contribution in [0.5, 0.6) is 0 Å². The SMILES string of the molecule is CNC(=O)c1ccccc1-c1cnc([C@@H]2C[C@@H](O[Si](C)(C)C(C)(C)C)CN2C(=O)OC(C)(C)C)[nH]1. The molecule has 192 valence electrons. The number of likely N-dealkylation sites (tertiary alicyclic amines) is 1. The predicted molar refractivity (Wildman–Crippen MR) is 140 cm³/mol. The number of imidazole rings is 1. The molecule has 2 N–H and O–H groups in total. The molecule has 1 saturated heterocycles. The number of carbonyl (C=O) groups excluding carboxylic acids is 2. The lowest BCUT2D eigenvalue weighted by Crippen LogP contribution is -2.45. The van der Waals surface area contributed by atoms with E-state index in [1.807, 2.05) is 39.0 Å². The van der Waals surface area contributed by atoms with Crippen molar-refractivity contribution >= 4 is 20.3 Å². The fourth-order valence-electron chi connectivity index (χ4n) is 3.95. The summed E-state index contributed by atoms with van der Waals surface area (Å²) < 4.78 is 12.4. The van der Waals surface area contributed by atoms with Crippen molar-refractivity contribution in [2.75, 3.05) is 13.6 Å². The number of ether oxygens (including phenoxy) is 1. The second-order valence-corrected chi connectivity index (χ2v) is 16.4. The Balaban J connectivity index is 1.93. The summed E-state index contributed by atoms with van der Waals surface area (Å²) in [5, 5.41) is 2.74. The van der Waals surface area contributed by atoms with E-state index in [1.165, 1.54) is 0 Å². The van der Waals surface area contributed by atoms with Crippen LogP contribution in [0.15, 0.2) is 30.5 Å². The molecule has 35 heavy (non-hydrogen) atoms. The number of hydrogen-bond acceptors (Lipinski definition) is 5. The molecule has 0 saturated carbocycles. The van der Waals surface area contributed by atoms with E-state index in [4.69, 9.17) is 9.16 Å². The molecular formula is C26H40N4O4Si. The Morgan fingerprint density at radius 3 is 2.40 bits per heavy atom. The molecule has 0 spiro atoms. The highest BCUT2D eigenvalue weighted by Crippen LogP contribution is 2.41. The molecule has 0 unspecified atom stereocenters. The smallest absolute Gasteiger partial charge is 0.411 e. The van der Waals surface area contributed by atoms with Gasteiger partial charge in [-0.15, -0.1) is 0 Å². The van der Waals surface area contributed by atoms with Crippen LogP contribution in [0.3, 0.4) is 0 Å². The van der Waals surface area contributed by atoms with Gasteiger partial charge in [0.1, 0.15) is 11.4 Å². The molecule has 1 aromatic heterocycles. The maximum atomic E-state index is 13.2. The molecule has 1 aliphatic rings. The van der Waals surface area contributed by atoms with Gasteiger partial charge in [-0.1, -0.05) is 39.0 Å². The highest BCUT2D eigenvalue weighted by Gasteiger charge is 2.45. The lowest BCUT2D eigenvalue weighted by Gasteiger charge is -2.38. The summed E-state index contributed by atoms with van der Waals surface area (Å²) in [6.45, 7) is 17.1. The molecule has 0 radical (unpaired) electrons. The standard InChI is InChI=1S/C26H40N4O4Si/c1-25(2,3)33-24(32)30-16-17(34-35(8,9)26(4,5)6)14-21(30)22-28-15-20(29-22)18-12-10-11-13-19(18)23(31)27-7/h10-13,15,17,21H,14,16H2,1-9H3,(H,27,31)(H,28,29)/t17-,21+/m1/s1. The van der Waals surface area contributed by atoms with Gasteiger partial charge in [0.2, 0.25) is 0 Å². The first-order chi connectivity index (χ1) is 16.1. The van der Waals surface area contributed by atoms with Crippen LogP contribution >= 0.6 is 0 Å². The fourth-order valence-corrected chi connectivity index (χ4v) is 5.31. The van der Waals surface area contributed by atoms with Crippen molar-refractivity contribution in [1.29, 1.82) is 0 Å². The zero-order valence-electron chi connectivity index (χ0n) is 22.5. The summed E-state index contributed by atoms with van der Waals surface area (Å²) in [7, 11) is -0.429. The van der Waals surface area contributed by atoms with E-state index in [0.29, 0.717) is 24.4 Å². The molecule has 8 nitrogen and oxygen atoms in total. The molecule has 1 aromatic carbocycles. The zero-order valence-corrected chi connectivity index (χ0v) is 23.5. The number of aromatic nitrogens is 2. The third kappa shape index (κ3) is 6.13. The van der Waals surface area contributed by atoms with Crippen LogP contribution in [0.2, 0.25) is 18.1 Å². The van der Waals surface area contributed by atoms with Crippen LogP contribution in [0.25, 0.3) is 11.3 Å². The predicted octanol–water partition coefficient (Wildman–Crippen LogP) is 5.51. The number of benzene rings is 1. The van der Waals surface area contributed by atoms with Gasteiger partial charge in [-0.05, 0) is 45.0 Å². The topological polar surface area (TPSA) is 96.6 Å². The number of rotatable bonds is 5. The second kappa shape index (κ2) is 9.77. The summed E-state index contributed by atoms with van der Waals surface area (Å²) in [6.07, 6.45) is 1.84. The lowest BCUT2D eigenvalue weighted by atomic mass is 10.0. The molecule has 3 rings (SSSR count). The Morgan fingerprint density at radius 1 is 1.14 bits per heavy atom. The minimum atomic E-state index is -2.04. The molecule has 0 bridgehead atoms. The van der Waals surface area contributed by atoms with Crippen molar-refractivity contribution in [3.05, 3.63) is 41.9 Å². The highest BCUT2D eigenvalue weighted by atomic mass is 28.4. The number of nitrogens with zero attached hydrogens (tertiary/aromatic N) is 2. The first-order valence-corrected chi connectivity index (χ1v) is 15.1. The van der Waals surface area contributed by atoms with E-state index in [2.05, 4.69) is 49.1 Å². The second-order valence-electron chi connectivity index (χ2n) is 11.7. The fraction of sp³-hybridized carbons (Fsp3) is 0.577. The van der Waals surface area contributed by atoms with E-state index in [9.17, 15) is 9.59 Å². The molecule has 0 aliphatic carbocycles. The molecule has 2 heterocycles. The molecule has 2 amide bonds. The third-order valence-electron chi connectivity index (χ3n) is 6.76. The van der Waals surface area contributed by atoms with E-state index in [0.717, 1.165) is 11.3 Å². The van der Waals surface area contributed by atoms with Crippen molar-refractivity contribution in [3.63, 3.8) is 0 Å². The molecule has 1 fully saturated rings. The van der Waals surface area contributed by atoms with Gasteiger partial charge in [0.25, 0.3) is 5.91 Å². The quantitative estimate of drug-likeness (QED) is 0.528. The van der Waals surface area contributed by atoms with Gasteiger partial charge in [0.15, 0.2) is 8.32 Å². The maximum absolute atomic E-state index is 13.2. The largest absolute Gasteiger partial charge is 0.444 e. The van der Waals surface area contributed by atoms with Gasteiger partial charge < -0.3 is 19.5 Å². The van der Waals surface area contributed by atoms with E-state index < -0.39 is 13.9 Å². The van der Waals surface area contributed by atoms with Crippen molar-refractivity contribution in [3.8, 4) is 11.3 Å². The minimum Gasteiger partial charge on any atom is -0.444 e. The molecular weight excluding hydrogens is 460 g/mol. The van der Waals surface area contributed by atoms with E-state index in [1.54, 1.807) is 24.2 Å². The monoisotopic (exact) mass is 500 g/mol. The van der Waals surface area contributed by atoms with Crippen LogP contribution in [-0.4, -0.2) is 60.5 Å². The van der Waals surface area contributed by atoms with Crippen molar-refractivity contribution in [2.24, 2.45) is 0 Å². The van der Waals surface area contributed by atoms with Crippen LogP contribution in [0, 0.1) is 0 Å². The summed E-state index contributed by atoms with van der Waals surface area (Å²) in [5.74, 6) is 0.481. The number of nitrogens with one attached hydrogen (secondary N) is 2. The normalized spacial score (nSPS) is 19.1. The van der Waals surface area contributed by atoms with Crippen LogP contribution in [0.4, 0.5) is 4.79 Å². The Labute approximate surface area is 209 Å². The van der Waals surface area contributed by atoms with Gasteiger partial charge in [0.05, 0.1) is 24.0 Å². The Bertz CT molecular complexity index is 1070. The number of aromatic amines is 1. The molecule has 1 aliphatic heterocycles. The summed E-state index contributed by atoms with van der Waals surface area (Å²) in [4.78, 5) is 35.3. The van der Waals surface area contributed by atoms with Crippen LogP contribution < -0.4 is 5.32 Å². The Morgan fingerprint density at radius 2 is 1.80 bits per heavy atom. The van der Waals surface area contributed by atoms with Gasteiger partial charge in [0, 0.05) is 31.1 Å². The van der Waals surface area contributed by atoms with Crippen molar-refractivity contribution in [2.45, 2.75) is 83.8 Å². The minimum absolute atomic E-state index is 0.0588. The van der Waals surface area contributed by atoms with Gasteiger partial charge >= 0.3 is 6.09 Å². The Hall–Kier alpha value is -2.65. The summed E-state index contributed by atoms with van der Waals surface area (Å²) in [6, 6.07) is 7.05. The number of hydrogen-bond donors (Lipinski definition) is 2. The third-order valence-corrected chi connectivity index (χ3v) is 11.3. The number of amides is 2. The van der Waals surface area contributed by atoms with Gasteiger partial charge in [-0.3, -0.25) is 9.69 Å². The van der Waals surface area contributed by atoms with E-state index >= 15 is 0 Å². The average molecular weight is 501 g/mol. The number of H-pyrrole nitrogens is 1. The van der Waals surface area contributed by atoms with Crippen molar-refractivity contribution in [1.82, 2.24) is 20.2 Å². The van der Waals surface area contributed by atoms with Gasteiger partial charge in [-0.25, -0.2) is 9.78 Å². The zero-order chi connectivity index (χ0) is 26.2. The summed E-state index contributed by atoms with van der Waals surface area (Å²) >= 11 is 0. The number of carbonyl (C=O) groups is 2. The molecule has 2 aromatic rings. The van der Waals surface area contributed by atoms with Crippen molar-refractivity contribution < 1.29 is 18.8 Å². The summed E-state index contributed by atoms with van der Waals surface area (Å²) in [5.41, 5.74) is 1.42. The molecule has 2 atom stereocenters. The maximum Gasteiger partial charge on any atom is 0.411 e. The van der Waals surface area contributed by atoms with Crippen LogP contribution in [0.1, 0.15) is 70.2 Å². The van der Waals surface area contributed by atoms with E-state index in [-0.39, 0.29) is 29.2 Å². The highest BCUT2D eigenvalue weighted by molar-refractivity contribution is 6.74. The average Bonchev–Trinajstić information content (AvgIpc) is 3.38.